The van der Waals surface area contributed by atoms with E-state index in [0.29, 0.717) is 12.4 Å². The highest BCUT2D eigenvalue weighted by atomic mass is 35.5. The number of hydrogen-bond donors (Lipinski definition) is 0. The molecule has 0 bridgehead atoms. The van der Waals surface area contributed by atoms with E-state index in [4.69, 9.17) is 20.6 Å². The number of benzene rings is 2. The summed E-state index contributed by atoms with van der Waals surface area (Å²) in [5.74, 6) is 0.549. The number of hydrogen-bond acceptors (Lipinski definition) is 5. The van der Waals surface area contributed by atoms with Gasteiger partial charge in [-0.2, -0.15) is 0 Å². The van der Waals surface area contributed by atoms with Gasteiger partial charge < -0.3 is 4.52 Å². The lowest BCUT2D eigenvalue weighted by Gasteiger charge is -2.20. The maximum Gasteiger partial charge on any atom is 0.440 e. The van der Waals surface area contributed by atoms with Crippen molar-refractivity contribution in [2.45, 2.75) is 42.2 Å². The van der Waals surface area contributed by atoms with Gasteiger partial charge in [-0.05, 0) is 73.3 Å². The molecule has 0 N–H and O–H groups in total. The zero-order valence-electron chi connectivity index (χ0n) is 14.5. The Morgan fingerprint density at radius 2 is 1.60 bits per heavy atom. The van der Waals surface area contributed by atoms with Gasteiger partial charge in [0, 0.05) is 20.1 Å². The fourth-order valence-corrected chi connectivity index (χ4v) is 6.91. The Morgan fingerprint density at radius 1 is 1.04 bits per heavy atom. The van der Waals surface area contributed by atoms with Gasteiger partial charge in [-0.1, -0.05) is 37.2 Å². The van der Waals surface area contributed by atoms with Crippen molar-refractivity contribution in [1.29, 1.82) is 0 Å². The summed E-state index contributed by atoms with van der Waals surface area (Å²) in [7, 11) is 0. The molecule has 2 atom stereocenters. The number of rotatable bonds is 9. The van der Waals surface area contributed by atoms with E-state index in [1.54, 1.807) is 11.8 Å². The highest BCUT2D eigenvalue weighted by Gasteiger charge is 2.29. The van der Waals surface area contributed by atoms with Crippen molar-refractivity contribution in [2.24, 2.45) is 0 Å². The van der Waals surface area contributed by atoms with E-state index < -0.39 is 6.80 Å². The third kappa shape index (κ3) is 6.92. The molecule has 2 rings (SSSR count). The maximum atomic E-state index is 12.9. The predicted molar refractivity (Wildman–Crippen MR) is 109 cm³/mol. The smallest absolute Gasteiger partial charge is 0.417 e. The van der Waals surface area contributed by atoms with E-state index in [2.05, 4.69) is 6.92 Å². The lowest BCUT2D eigenvalue weighted by molar-refractivity contribution is 0.296. The predicted octanol–water partition coefficient (Wildman–Crippen LogP) is 7.55. The van der Waals surface area contributed by atoms with Gasteiger partial charge in [0.05, 0.1) is 6.61 Å². The molecule has 2 unspecified atom stereocenters. The van der Waals surface area contributed by atoms with Crippen LogP contribution >= 0.6 is 41.5 Å². The molecule has 0 heterocycles. The Morgan fingerprint density at radius 3 is 2.12 bits per heavy atom. The van der Waals surface area contributed by atoms with Crippen LogP contribution < -0.4 is 4.52 Å². The Hall–Kier alpha value is -0.580. The molecule has 2 aromatic carbocycles. The maximum absolute atomic E-state index is 12.9. The van der Waals surface area contributed by atoms with Crippen LogP contribution in [0.2, 0.25) is 5.02 Å². The largest absolute Gasteiger partial charge is 0.440 e. The molecule has 0 saturated carbocycles. The average Bonchev–Trinajstić information content (AvgIpc) is 2.58. The van der Waals surface area contributed by atoms with Crippen molar-refractivity contribution in [3.63, 3.8) is 0 Å². The first kappa shape index (κ1) is 20.7. The van der Waals surface area contributed by atoms with E-state index >= 15 is 0 Å². The van der Waals surface area contributed by atoms with Crippen LogP contribution in [-0.2, 0) is 9.09 Å². The lowest BCUT2D eigenvalue weighted by atomic mass is 10.3. The Labute approximate surface area is 163 Å². The first-order valence-electron chi connectivity index (χ1n) is 8.10. The first-order valence-corrected chi connectivity index (χ1v) is 12.3. The van der Waals surface area contributed by atoms with Crippen LogP contribution in [0.5, 0.6) is 5.75 Å². The first-order chi connectivity index (χ1) is 11.9. The van der Waals surface area contributed by atoms with Crippen molar-refractivity contribution < 1.29 is 13.6 Å². The van der Waals surface area contributed by atoms with E-state index in [-0.39, 0.29) is 5.25 Å². The third-order valence-electron chi connectivity index (χ3n) is 3.26. The lowest BCUT2D eigenvalue weighted by Crippen LogP contribution is -2.00. The summed E-state index contributed by atoms with van der Waals surface area (Å²) in [6, 6.07) is 15.2. The summed E-state index contributed by atoms with van der Waals surface area (Å²) in [5, 5.41) is 0.927. The van der Waals surface area contributed by atoms with Crippen LogP contribution in [0.15, 0.2) is 58.3 Å². The molecule has 0 aliphatic heterocycles. The standard InChI is InChI=1S/C18H22ClO3PS2/c1-4-14(3)25-23(20,21-5-2)22-16-8-12-18(13-9-16)24-17-10-6-15(19)7-11-17/h6-14H,4-5H2,1-3H3. The Bertz CT molecular complexity index is 707. The molecular weight excluding hydrogens is 395 g/mol. The normalized spacial score (nSPS) is 14.7. The van der Waals surface area contributed by atoms with Gasteiger partial charge in [-0.25, -0.2) is 4.57 Å². The summed E-state index contributed by atoms with van der Waals surface area (Å²) < 4.78 is 24.0. The third-order valence-corrected chi connectivity index (χ3v) is 8.88. The molecule has 0 spiro atoms. The second kappa shape index (κ2) is 9.94. The van der Waals surface area contributed by atoms with Crippen molar-refractivity contribution >= 4 is 41.5 Å². The molecule has 0 radical (unpaired) electrons. The van der Waals surface area contributed by atoms with E-state index in [1.165, 1.54) is 11.4 Å². The van der Waals surface area contributed by atoms with Crippen LogP contribution in [0, 0.1) is 0 Å². The highest BCUT2D eigenvalue weighted by molar-refractivity contribution is 8.55. The average molecular weight is 417 g/mol. The molecule has 0 aliphatic carbocycles. The summed E-state index contributed by atoms with van der Waals surface area (Å²) in [6.07, 6.45) is 0.905. The molecule has 0 aliphatic rings. The van der Waals surface area contributed by atoms with Crippen LogP contribution in [0.4, 0.5) is 0 Å². The number of halogens is 1. The molecule has 0 saturated heterocycles. The summed E-state index contributed by atoms with van der Waals surface area (Å²) in [5.41, 5.74) is 0. The molecular formula is C18H22ClO3PS2. The Balaban J connectivity index is 2.04. The van der Waals surface area contributed by atoms with Crippen LogP contribution in [0.25, 0.3) is 0 Å². The van der Waals surface area contributed by atoms with E-state index in [9.17, 15) is 4.57 Å². The van der Waals surface area contributed by atoms with Crippen LogP contribution in [0.3, 0.4) is 0 Å². The van der Waals surface area contributed by atoms with Crippen LogP contribution in [-0.4, -0.2) is 11.9 Å². The molecule has 25 heavy (non-hydrogen) atoms. The molecule has 0 aromatic heterocycles. The van der Waals surface area contributed by atoms with Gasteiger partial charge >= 0.3 is 6.80 Å². The molecule has 7 heteroatoms. The summed E-state index contributed by atoms with van der Waals surface area (Å²) >= 11 is 8.80. The zero-order valence-corrected chi connectivity index (χ0v) is 17.8. The highest BCUT2D eigenvalue weighted by Crippen LogP contribution is 2.62. The van der Waals surface area contributed by atoms with Gasteiger partial charge in [-0.15, -0.1) is 0 Å². The van der Waals surface area contributed by atoms with Gasteiger partial charge in [0.1, 0.15) is 5.75 Å². The second-order valence-corrected chi connectivity index (χ2v) is 11.2. The van der Waals surface area contributed by atoms with Crippen molar-refractivity contribution in [2.75, 3.05) is 6.61 Å². The minimum absolute atomic E-state index is 0.206. The topological polar surface area (TPSA) is 35.5 Å². The molecule has 0 amide bonds. The van der Waals surface area contributed by atoms with Crippen molar-refractivity contribution in [3.05, 3.63) is 53.6 Å². The summed E-state index contributed by atoms with van der Waals surface area (Å²) in [4.78, 5) is 2.17. The molecule has 0 fully saturated rings. The fourth-order valence-electron chi connectivity index (χ4n) is 1.87. The van der Waals surface area contributed by atoms with Gasteiger partial charge in [0.15, 0.2) is 0 Å². The SMILES string of the molecule is CCOP(=O)(Oc1ccc(Sc2ccc(Cl)cc2)cc1)SC(C)CC. The minimum atomic E-state index is -3.21. The van der Waals surface area contributed by atoms with E-state index in [0.717, 1.165) is 21.2 Å². The molecule has 3 nitrogen and oxygen atoms in total. The minimum Gasteiger partial charge on any atom is -0.417 e. The van der Waals surface area contributed by atoms with Gasteiger partial charge in [0.2, 0.25) is 0 Å². The quantitative estimate of drug-likeness (QED) is 0.394. The van der Waals surface area contributed by atoms with Crippen molar-refractivity contribution in [3.8, 4) is 5.75 Å². The fraction of sp³-hybridized carbons (Fsp3) is 0.333. The zero-order chi connectivity index (χ0) is 18.3. The monoisotopic (exact) mass is 416 g/mol. The van der Waals surface area contributed by atoms with E-state index in [1.807, 2.05) is 62.4 Å². The molecule has 136 valence electrons. The second-order valence-electron chi connectivity index (χ2n) is 5.31. The van der Waals surface area contributed by atoms with Gasteiger partial charge in [0.25, 0.3) is 0 Å². The van der Waals surface area contributed by atoms with Gasteiger partial charge in [-0.3, -0.25) is 4.52 Å². The van der Waals surface area contributed by atoms with Crippen molar-refractivity contribution in [1.82, 2.24) is 0 Å². The molecule has 2 aromatic rings. The Kier molecular flexibility index (Phi) is 8.24. The summed E-state index contributed by atoms with van der Waals surface area (Å²) in [6.45, 7) is 3.04. The van der Waals surface area contributed by atoms with Crippen LogP contribution in [0.1, 0.15) is 27.2 Å².